The smallest absolute Gasteiger partial charge is 0.0808 e. The van der Waals surface area contributed by atoms with Crippen LogP contribution in [0.1, 0.15) is 12.0 Å². The maximum absolute atomic E-state index is 2.51. The molecule has 1 aliphatic heterocycles. The monoisotopic (exact) mass is 311 g/mol. The van der Waals surface area contributed by atoms with Crippen LogP contribution >= 0.6 is 23.5 Å². The summed E-state index contributed by atoms with van der Waals surface area (Å²) in [6.07, 6.45) is 1.36. The van der Waals surface area contributed by atoms with E-state index in [1.165, 1.54) is 29.2 Å². The molecule has 0 spiro atoms. The third-order valence-electron chi connectivity index (χ3n) is 3.65. The Hall–Kier alpha value is -0.0631. The molecule has 0 bridgehead atoms. The van der Waals surface area contributed by atoms with Gasteiger partial charge in [0.05, 0.1) is 11.8 Å². The van der Waals surface area contributed by atoms with Crippen molar-refractivity contribution in [3.63, 3.8) is 0 Å². The summed E-state index contributed by atoms with van der Waals surface area (Å²) >= 11 is 4.39. The molecule has 1 fully saturated rings. The van der Waals surface area contributed by atoms with E-state index in [2.05, 4.69) is 86.4 Å². The van der Waals surface area contributed by atoms with Crippen LogP contribution in [0.25, 0.3) is 0 Å². The lowest BCUT2D eigenvalue weighted by Gasteiger charge is -2.45. The lowest BCUT2D eigenvalue weighted by Crippen LogP contribution is -2.46. The van der Waals surface area contributed by atoms with E-state index in [1.54, 1.807) is 0 Å². The Morgan fingerprint density at radius 1 is 1.00 bits per heavy atom. The molecule has 19 heavy (non-hydrogen) atoms. The SMILES string of the molecule is CN(C)c1ccc(C2([Si](C)(C)C)SCCCS2)cc1. The minimum Gasteiger partial charge on any atom is -0.378 e. The minimum absolute atomic E-state index is 0.343. The molecule has 4 heteroatoms. The second-order valence-electron chi connectivity index (χ2n) is 6.36. The normalized spacial score (nSPS) is 19.2. The van der Waals surface area contributed by atoms with Crippen molar-refractivity contribution in [2.24, 2.45) is 0 Å². The summed E-state index contributed by atoms with van der Waals surface area (Å²) in [4.78, 5) is 2.17. The van der Waals surface area contributed by atoms with Crippen molar-refractivity contribution in [2.75, 3.05) is 30.5 Å². The van der Waals surface area contributed by atoms with E-state index in [0.29, 0.717) is 3.70 Å². The van der Waals surface area contributed by atoms with E-state index in [4.69, 9.17) is 0 Å². The highest BCUT2D eigenvalue weighted by molar-refractivity contribution is 8.20. The fourth-order valence-corrected chi connectivity index (χ4v) is 10.4. The van der Waals surface area contributed by atoms with Crippen LogP contribution in [0.2, 0.25) is 19.6 Å². The Labute approximate surface area is 127 Å². The third kappa shape index (κ3) is 3.00. The molecule has 0 atom stereocenters. The first-order valence-electron chi connectivity index (χ1n) is 6.92. The summed E-state index contributed by atoms with van der Waals surface area (Å²) in [5.74, 6) is 2.62. The van der Waals surface area contributed by atoms with Crippen molar-refractivity contribution in [1.29, 1.82) is 0 Å². The highest BCUT2D eigenvalue weighted by Crippen LogP contribution is 2.55. The van der Waals surface area contributed by atoms with Gasteiger partial charge in [-0.2, -0.15) is 0 Å². The van der Waals surface area contributed by atoms with E-state index < -0.39 is 8.07 Å². The number of thioether (sulfide) groups is 2. The maximum Gasteiger partial charge on any atom is 0.0808 e. The fourth-order valence-electron chi connectivity index (χ4n) is 2.54. The largest absolute Gasteiger partial charge is 0.378 e. The van der Waals surface area contributed by atoms with Gasteiger partial charge < -0.3 is 4.90 Å². The van der Waals surface area contributed by atoms with Crippen molar-refractivity contribution >= 4 is 37.3 Å². The van der Waals surface area contributed by atoms with Crippen LogP contribution in [0.4, 0.5) is 5.69 Å². The zero-order valence-corrected chi connectivity index (χ0v) is 15.3. The lowest BCUT2D eigenvalue weighted by atomic mass is 10.2. The number of nitrogens with zero attached hydrogens (tertiary/aromatic N) is 1. The van der Waals surface area contributed by atoms with Gasteiger partial charge in [-0.1, -0.05) is 31.8 Å². The summed E-state index contributed by atoms with van der Waals surface area (Å²) in [5.41, 5.74) is 2.83. The summed E-state index contributed by atoms with van der Waals surface area (Å²) in [5, 5.41) is 0. The quantitative estimate of drug-likeness (QED) is 0.748. The average molecular weight is 312 g/mol. The van der Waals surface area contributed by atoms with Gasteiger partial charge in [0.2, 0.25) is 0 Å². The van der Waals surface area contributed by atoms with Gasteiger partial charge >= 0.3 is 0 Å². The summed E-state index contributed by atoms with van der Waals surface area (Å²) in [6, 6.07) is 9.26. The zero-order chi connectivity index (χ0) is 14.1. The molecule has 2 rings (SSSR count). The first-order valence-corrected chi connectivity index (χ1v) is 12.4. The standard InChI is InChI=1S/C15H25NS2Si/c1-16(2)14-9-7-13(8-10-14)15(19(3,4)5)17-11-6-12-18-15/h7-10H,6,11-12H2,1-5H3. The topological polar surface area (TPSA) is 3.24 Å². The Balaban J connectivity index is 2.38. The highest BCUT2D eigenvalue weighted by atomic mass is 32.2. The van der Waals surface area contributed by atoms with Gasteiger partial charge in [0.25, 0.3) is 0 Å². The van der Waals surface area contributed by atoms with Gasteiger partial charge in [0.15, 0.2) is 0 Å². The third-order valence-corrected chi connectivity index (χ3v) is 13.4. The Kier molecular flexibility index (Phi) is 4.63. The number of hydrogen-bond acceptors (Lipinski definition) is 3. The van der Waals surface area contributed by atoms with Crippen LogP contribution in [0.15, 0.2) is 24.3 Å². The molecule has 0 aromatic heterocycles. The van der Waals surface area contributed by atoms with Crippen molar-refractivity contribution in [3.8, 4) is 0 Å². The second kappa shape index (κ2) is 5.74. The molecule has 1 aromatic rings. The molecule has 106 valence electrons. The van der Waals surface area contributed by atoms with Gasteiger partial charge in [-0.05, 0) is 35.6 Å². The predicted molar refractivity (Wildman–Crippen MR) is 95.3 cm³/mol. The van der Waals surface area contributed by atoms with E-state index >= 15 is 0 Å². The van der Waals surface area contributed by atoms with Crippen molar-refractivity contribution < 1.29 is 0 Å². The predicted octanol–water partition coefficient (Wildman–Crippen LogP) is 4.65. The first-order chi connectivity index (χ1) is 8.87. The molecule has 0 radical (unpaired) electrons. The van der Waals surface area contributed by atoms with Crippen molar-refractivity contribution in [2.45, 2.75) is 29.8 Å². The van der Waals surface area contributed by atoms with Crippen LogP contribution < -0.4 is 4.90 Å². The second-order valence-corrected chi connectivity index (χ2v) is 15.2. The maximum atomic E-state index is 2.51. The number of anilines is 1. The molecule has 1 aromatic carbocycles. The number of rotatable bonds is 3. The molecule has 1 heterocycles. The zero-order valence-electron chi connectivity index (χ0n) is 12.7. The molecule has 0 N–H and O–H groups in total. The van der Waals surface area contributed by atoms with E-state index in [1.807, 2.05) is 0 Å². The molecule has 0 amide bonds. The summed E-state index contributed by atoms with van der Waals surface area (Å²) in [6.45, 7) is 7.54. The van der Waals surface area contributed by atoms with Crippen molar-refractivity contribution in [1.82, 2.24) is 0 Å². The molecule has 0 saturated carbocycles. The fraction of sp³-hybridized carbons (Fsp3) is 0.600. The van der Waals surface area contributed by atoms with Crippen LogP contribution in [-0.4, -0.2) is 33.7 Å². The van der Waals surface area contributed by atoms with Crippen LogP contribution in [0.5, 0.6) is 0 Å². The summed E-state index contributed by atoms with van der Waals surface area (Å²) in [7, 11) is 2.93. The average Bonchev–Trinajstić information content (AvgIpc) is 2.38. The van der Waals surface area contributed by atoms with E-state index in [-0.39, 0.29) is 0 Å². The Morgan fingerprint density at radius 2 is 1.53 bits per heavy atom. The lowest BCUT2D eigenvalue weighted by molar-refractivity contribution is 1.05. The molecular formula is C15H25NS2Si. The number of benzene rings is 1. The Morgan fingerprint density at radius 3 is 1.95 bits per heavy atom. The van der Waals surface area contributed by atoms with Crippen LogP contribution in [0.3, 0.4) is 0 Å². The van der Waals surface area contributed by atoms with Crippen LogP contribution in [-0.2, 0) is 3.70 Å². The molecule has 1 nitrogen and oxygen atoms in total. The minimum atomic E-state index is -1.28. The molecular weight excluding hydrogens is 286 g/mol. The van der Waals surface area contributed by atoms with Gasteiger partial charge in [-0.25, -0.2) is 0 Å². The van der Waals surface area contributed by atoms with Gasteiger partial charge in [-0.3, -0.25) is 0 Å². The summed E-state index contributed by atoms with van der Waals surface area (Å²) < 4.78 is 0.343. The van der Waals surface area contributed by atoms with Gasteiger partial charge in [0.1, 0.15) is 0 Å². The molecule has 0 unspecified atom stereocenters. The first kappa shape index (κ1) is 15.3. The molecule has 1 aliphatic rings. The molecule has 1 saturated heterocycles. The molecule has 0 aliphatic carbocycles. The number of hydrogen-bond donors (Lipinski definition) is 0. The van der Waals surface area contributed by atoms with E-state index in [9.17, 15) is 0 Å². The van der Waals surface area contributed by atoms with Gasteiger partial charge in [-0.15, -0.1) is 23.5 Å². The van der Waals surface area contributed by atoms with Gasteiger partial charge in [0, 0.05) is 19.8 Å². The highest BCUT2D eigenvalue weighted by Gasteiger charge is 2.46. The van der Waals surface area contributed by atoms with E-state index in [0.717, 1.165) is 0 Å². The van der Waals surface area contributed by atoms with Crippen LogP contribution in [0, 0.1) is 0 Å². The Bertz CT molecular complexity index is 417. The van der Waals surface area contributed by atoms with Crippen molar-refractivity contribution in [3.05, 3.63) is 29.8 Å².